The second kappa shape index (κ2) is 5.42. The number of hydrogen-bond acceptors (Lipinski definition) is 4. The first-order chi connectivity index (χ1) is 7.66. The molecule has 0 aromatic heterocycles. The fraction of sp³-hybridized carbons (Fsp3) is 0.818. The summed E-state index contributed by atoms with van der Waals surface area (Å²) in [6.07, 6.45) is 3.93. The van der Waals surface area contributed by atoms with Gasteiger partial charge in [0.25, 0.3) is 0 Å². The highest BCUT2D eigenvalue weighted by atomic mass is 28.4. The SMILES string of the molecule is C=CC1CCC[Si](OC)(OC)C1(OC)OC. The van der Waals surface area contributed by atoms with E-state index >= 15 is 0 Å². The molecule has 0 spiro atoms. The van der Waals surface area contributed by atoms with Crippen molar-refractivity contribution in [2.75, 3.05) is 28.4 Å². The Morgan fingerprint density at radius 2 is 1.75 bits per heavy atom. The van der Waals surface area contributed by atoms with E-state index in [-0.39, 0.29) is 5.92 Å². The molecule has 1 aliphatic rings. The lowest BCUT2D eigenvalue weighted by atomic mass is 10.0. The monoisotopic (exact) mass is 246 g/mol. The quantitative estimate of drug-likeness (QED) is 0.421. The molecule has 16 heavy (non-hydrogen) atoms. The van der Waals surface area contributed by atoms with Gasteiger partial charge in [0.05, 0.1) is 0 Å². The highest BCUT2D eigenvalue weighted by molar-refractivity contribution is 6.70. The van der Waals surface area contributed by atoms with Crippen molar-refractivity contribution in [3.8, 4) is 0 Å². The van der Waals surface area contributed by atoms with E-state index in [1.165, 1.54) is 0 Å². The van der Waals surface area contributed by atoms with Crippen LogP contribution in [0.15, 0.2) is 12.7 Å². The van der Waals surface area contributed by atoms with Gasteiger partial charge in [0, 0.05) is 34.4 Å². The Morgan fingerprint density at radius 3 is 2.12 bits per heavy atom. The summed E-state index contributed by atoms with van der Waals surface area (Å²) in [6, 6.07) is 0.881. The minimum atomic E-state index is -2.51. The summed E-state index contributed by atoms with van der Waals surface area (Å²) >= 11 is 0. The summed E-state index contributed by atoms with van der Waals surface area (Å²) in [5, 5.41) is 0. The Balaban J connectivity index is 3.18. The molecule has 1 rings (SSSR count). The second-order valence-electron chi connectivity index (χ2n) is 3.97. The number of methoxy groups -OCH3 is 2. The fourth-order valence-corrected chi connectivity index (χ4v) is 6.35. The summed E-state index contributed by atoms with van der Waals surface area (Å²) < 4.78 is 22.6. The molecule has 0 bridgehead atoms. The van der Waals surface area contributed by atoms with Crippen LogP contribution in [0.25, 0.3) is 0 Å². The van der Waals surface area contributed by atoms with Crippen molar-refractivity contribution < 1.29 is 18.3 Å². The molecule has 1 saturated heterocycles. The molecular formula is C11H22O4Si. The van der Waals surface area contributed by atoms with Gasteiger partial charge in [0.15, 0.2) is 0 Å². The predicted octanol–water partition coefficient (Wildman–Crippen LogP) is 1.85. The molecule has 0 saturated carbocycles. The molecule has 94 valence electrons. The van der Waals surface area contributed by atoms with Gasteiger partial charge in [-0.05, 0) is 12.5 Å². The number of ether oxygens (including phenoxy) is 2. The molecule has 0 N–H and O–H groups in total. The van der Waals surface area contributed by atoms with Crippen LogP contribution in [0.1, 0.15) is 12.8 Å². The molecule has 5 heteroatoms. The average molecular weight is 246 g/mol. The average Bonchev–Trinajstić information content (AvgIpc) is 2.37. The van der Waals surface area contributed by atoms with Crippen molar-refractivity contribution in [1.29, 1.82) is 0 Å². The van der Waals surface area contributed by atoms with Gasteiger partial charge in [-0.15, -0.1) is 6.58 Å². The normalized spacial score (nSPS) is 27.6. The predicted molar refractivity (Wildman–Crippen MR) is 64.2 cm³/mol. The van der Waals surface area contributed by atoms with Crippen LogP contribution in [0, 0.1) is 5.92 Å². The molecule has 0 aromatic rings. The molecule has 1 unspecified atom stereocenters. The van der Waals surface area contributed by atoms with Gasteiger partial charge in [-0.2, -0.15) is 0 Å². The highest BCUT2D eigenvalue weighted by Crippen LogP contribution is 2.44. The molecule has 1 heterocycles. The first-order valence-corrected chi connectivity index (χ1v) is 7.52. The van der Waals surface area contributed by atoms with Crippen molar-refractivity contribution in [3.63, 3.8) is 0 Å². The second-order valence-corrected chi connectivity index (χ2v) is 7.49. The zero-order chi connectivity index (χ0) is 12.2. The van der Waals surface area contributed by atoms with E-state index in [1.54, 1.807) is 28.4 Å². The van der Waals surface area contributed by atoms with Crippen LogP contribution in [0.2, 0.25) is 6.04 Å². The van der Waals surface area contributed by atoms with Gasteiger partial charge >= 0.3 is 8.56 Å². The zero-order valence-corrected chi connectivity index (χ0v) is 11.6. The maximum absolute atomic E-state index is 5.68. The fourth-order valence-electron chi connectivity index (χ4n) is 2.74. The van der Waals surface area contributed by atoms with E-state index in [9.17, 15) is 0 Å². The van der Waals surface area contributed by atoms with Crippen LogP contribution >= 0.6 is 0 Å². The number of rotatable bonds is 5. The van der Waals surface area contributed by atoms with Crippen LogP contribution in [-0.4, -0.2) is 42.4 Å². The van der Waals surface area contributed by atoms with Crippen molar-refractivity contribution in [3.05, 3.63) is 12.7 Å². The van der Waals surface area contributed by atoms with Crippen molar-refractivity contribution in [2.24, 2.45) is 5.92 Å². The van der Waals surface area contributed by atoms with E-state index in [1.807, 2.05) is 6.08 Å². The maximum atomic E-state index is 5.68. The maximum Gasteiger partial charge on any atom is 0.399 e. The standard InChI is InChI=1S/C11H22O4Si/c1-6-10-8-7-9-16(14-4,15-5)11(10,12-2)13-3/h6,10H,1,7-9H2,2-5H3. The third kappa shape index (κ3) is 1.76. The van der Waals surface area contributed by atoms with Crippen LogP contribution in [0.3, 0.4) is 0 Å². The minimum absolute atomic E-state index is 0.114. The Morgan fingerprint density at radius 1 is 1.19 bits per heavy atom. The molecule has 4 nitrogen and oxygen atoms in total. The first kappa shape index (κ1) is 13.9. The molecule has 1 atom stereocenters. The van der Waals surface area contributed by atoms with E-state index < -0.39 is 14.0 Å². The van der Waals surface area contributed by atoms with Gasteiger partial charge in [0.1, 0.15) is 0 Å². The van der Waals surface area contributed by atoms with Gasteiger partial charge < -0.3 is 18.3 Å². The summed E-state index contributed by atoms with van der Waals surface area (Å²) in [4.78, 5) is 0. The molecular weight excluding hydrogens is 224 g/mol. The van der Waals surface area contributed by atoms with Gasteiger partial charge in [-0.25, -0.2) is 0 Å². The van der Waals surface area contributed by atoms with E-state index in [2.05, 4.69) is 6.58 Å². The summed E-state index contributed by atoms with van der Waals surface area (Å²) in [7, 11) is 4.13. The van der Waals surface area contributed by atoms with Crippen molar-refractivity contribution in [1.82, 2.24) is 0 Å². The summed E-state index contributed by atoms with van der Waals surface area (Å²) in [6.45, 7) is 3.86. The molecule has 0 radical (unpaired) electrons. The van der Waals surface area contributed by atoms with Gasteiger partial charge in [-0.3, -0.25) is 0 Å². The lowest BCUT2D eigenvalue weighted by Gasteiger charge is -2.49. The van der Waals surface area contributed by atoms with Crippen LogP contribution in [-0.2, 0) is 18.3 Å². The summed E-state index contributed by atoms with van der Waals surface area (Å²) in [5.74, 6) is 0.114. The zero-order valence-electron chi connectivity index (χ0n) is 10.6. The first-order valence-electron chi connectivity index (χ1n) is 5.49. The summed E-state index contributed by atoms with van der Waals surface area (Å²) in [5.41, 5.74) is -0.781. The lowest BCUT2D eigenvalue weighted by molar-refractivity contribution is -0.203. The van der Waals surface area contributed by atoms with Gasteiger partial charge in [0.2, 0.25) is 5.41 Å². The molecule has 0 aliphatic carbocycles. The minimum Gasteiger partial charge on any atom is -0.395 e. The van der Waals surface area contributed by atoms with E-state index in [0.29, 0.717) is 0 Å². The Labute approximate surface area is 98.8 Å². The van der Waals surface area contributed by atoms with Crippen LogP contribution < -0.4 is 0 Å². The van der Waals surface area contributed by atoms with Crippen LogP contribution in [0.5, 0.6) is 0 Å². The molecule has 0 aromatic carbocycles. The highest BCUT2D eigenvalue weighted by Gasteiger charge is 2.64. The van der Waals surface area contributed by atoms with Crippen LogP contribution in [0.4, 0.5) is 0 Å². The Kier molecular flexibility index (Phi) is 4.69. The Hall–Kier alpha value is -0.203. The Bertz CT molecular complexity index is 236. The lowest BCUT2D eigenvalue weighted by Crippen LogP contribution is -2.69. The third-order valence-electron chi connectivity index (χ3n) is 3.59. The number of hydrogen-bond donors (Lipinski definition) is 0. The largest absolute Gasteiger partial charge is 0.399 e. The van der Waals surface area contributed by atoms with E-state index in [4.69, 9.17) is 18.3 Å². The molecule has 0 amide bonds. The van der Waals surface area contributed by atoms with E-state index in [0.717, 1.165) is 18.9 Å². The van der Waals surface area contributed by atoms with Crippen molar-refractivity contribution >= 4 is 8.56 Å². The smallest absolute Gasteiger partial charge is 0.395 e. The van der Waals surface area contributed by atoms with Crippen molar-refractivity contribution in [2.45, 2.75) is 24.3 Å². The molecule has 1 aliphatic heterocycles. The third-order valence-corrected chi connectivity index (χ3v) is 7.76. The topological polar surface area (TPSA) is 36.9 Å². The molecule has 1 fully saturated rings. The van der Waals surface area contributed by atoms with Gasteiger partial charge in [-0.1, -0.05) is 12.5 Å².